The Morgan fingerprint density at radius 1 is 1.31 bits per heavy atom. The molecule has 1 rings (SSSR count). The van der Waals surface area contributed by atoms with Crippen LogP contribution in [0.1, 0.15) is 43.9 Å². The van der Waals surface area contributed by atoms with Gasteiger partial charge in [-0.15, -0.1) is 0 Å². The van der Waals surface area contributed by atoms with Crippen LogP contribution in [-0.2, 0) is 12.5 Å². The lowest BCUT2D eigenvalue weighted by Crippen LogP contribution is -2.17. The second-order valence-electron chi connectivity index (χ2n) is 4.47. The minimum absolute atomic E-state index is 0.0997. The summed E-state index contributed by atoms with van der Waals surface area (Å²) in [5, 5.41) is 0. The number of Topliss-reactive ketones (excluding diaryl/α,β-unsaturated/α-hetero) is 1. The van der Waals surface area contributed by atoms with Gasteiger partial charge in [-0.1, -0.05) is 20.8 Å². The highest BCUT2D eigenvalue weighted by Crippen LogP contribution is 2.23. The first-order valence-corrected chi connectivity index (χ1v) is 4.51. The van der Waals surface area contributed by atoms with Crippen molar-refractivity contribution in [2.45, 2.75) is 33.1 Å². The van der Waals surface area contributed by atoms with E-state index in [2.05, 4.69) is 20.8 Å². The number of carbonyl (C=O) groups excluding carboxylic acids is 1. The van der Waals surface area contributed by atoms with Gasteiger partial charge in [-0.2, -0.15) is 0 Å². The highest BCUT2D eigenvalue weighted by molar-refractivity contribution is 5.92. The van der Waals surface area contributed by atoms with Gasteiger partial charge in [-0.25, -0.2) is 0 Å². The van der Waals surface area contributed by atoms with Crippen LogP contribution < -0.4 is 0 Å². The molecule has 0 N–H and O–H groups in total. The van der Waals surface area contributed by atoms with Gasteiger partial charge in [0.15, 0.2) is 5.78 Å². The van der Waals surface area contributed by atoms with Crippen molar-refractivity contribution in [2.24, 2.45) is 7.05 Å². The normalized spacial score (nSPS) is 11.8. The van der Waals surface area contributed by atoms with Crippen molar-refractivity contribution in [1.82, 2.24) is 4.57 Å². The minimum Gasteiger partial charge on any atom is -0.345 e. The number of ketones is 1. The minimum atomic E-state index is 0.0997. The summed E-state index contributed by atoms with van der Waals surface area (Å²) in [6.07, 6.45) is 0. The molecule has 72 valence electrons. The van der Waals surface area contributed by atoms with Gasteiger partial charge in [0.1, 0.15) is 0 Å². The van der Waals surface area contributed by atoms with E-state index >= 15 is 0 Å². The average molecular weight is 179 g/mol. The van der Waals surface area contributed by atoms with Gasteiger partial charge in [0, 0.05) is 25.1 Å². The monoisotopic (exact) mass is 179 g/mol. The lowest BCUT2D eigenvalue weighted by atomic mass is 9.92. The first kappa shape index (κ1) is 10.0. The summed E-state index contributed by atoms with van der Waals surface area (Å²) >= 11 is 0. The summed E-state index contributed by atoms with van der Waals surface area (Å²) in [7, 11) is 1.94. The Labute approximate surface area is 79.6 Å². The van der Waals surface area contributed by atoms with Crippen LogP contribution in [0.15, 0.2) is 12.1 Å². The van der Waals surface area contributed by atoms with Crippen molar-refractivity contribution in [3.05, 3.63) is 23.5 Å². The molecule has 0 atom stereocenters. The lowest BCUT2D eigenvalue weighted by Gasteiger charge is -2.20. The van der Waals surface area contributed by atoms with Crippen LogP contribution in [0.4, 0.5) is 0 Å². The van der Waals surface area contributed by atoms with E-state index in [1.54, 1.807) is 6.92 Å². The summed E-state index contributed by atoms with van der Waals surface area (Å²) in [6.45, 7) is 8.03. The second-order valence-corrected chi connectivity index (χ2v) is 4.47. The van der Waals surface area contributed by atoms with Crippen molar-refractivity contribution in [3.63, 3.8) is 0 Å². The van der Waals surface area contributed by atoms with Gasteiger partial charge in [0.25, 0.3) is 0 Å². The zero-order valence-corrected chi connectivity index (χ0v) is 9.01. The molecule has 1 aromatic heterocycles. The number of nitrogens with zero attached hydrogens (tertiary/aromatic N) is 1. The molecular formula is C11H17NO. The summed E-state index contributed by atoms with van der Waals surface area (Å²) in [5.41, 5.74) is 2.07. The maximum absolute atomic E-state index is 11.2. The van der Waals surface area contributed by atoms with Gasteiger partial charge >= 0.3 is 0 Å². The van der Waals surface area contributed by atoms with Crippen LogP contribution in [0.2, 0.25) is 0 Å². The fraction of sp³-hybridized carbons (Fsp3) is 0.545. The summed E-state index contributed by atoms with van der Waals surface area (Å²) in [4.78, 5) is 11.2. The Morgan fingerprint density at radius 2 is 1.85 bits per heavy atom. The molecule has 2 nitrogen and oxygen atoms in total. The molecule has 0 aliphatic rings. The van der Waals surface area contributed by atoms with Crippen molar-refractivity contribution in [2.75, 3.05) is 0 Å². The smallest absolute Gasteiger partial charge is 0.176 e. The van der Waals surface area contributed by atoms with Crippen molar-refractivity contribution >= 4 is 5.78 Å². The number of aromatic nitrogens is 1. The average Bonchev–Trinajstić information content (AvgIpc) is 2.28. The first-order valence-electron chi connectivity index (χ1n) is 4.51. The molecule has 0 radical (unpaired) electrons. The molecule has 2 heteroatoms. The van der Waals surface area contributed by atoms with Crippen LogP contribution in [0.25, 0.3) is 0 Å². The third kappa shape index (κ3) is 1.82. The van der Waals surface area contributed by atoms with E-state index in [1.807, 2.05) is 23.7 Å². The Morgan fingerprint density at radius 3 is 2.08 bits per heavy atom. The Kier molecular flexibility index (Phi) is 2.33. The molecular weight excluding hydrogens is 162 g/mol. The number of rotatable bonds is 1. The van der Waals surface area contributed by atoms with Gasteiger partial charge < -0.3 is 4.57 Å². The predicted molar refractivity (Wildman–Crippen MR) is 54.1 cm³/mol. The van der Waals surface area contributed by atoms with Gasteiger partial charge in [0.2, 0.25) is 0 Å². The molecule has 1 aromatic rings. The molecule has 0 aromatic carbocycles. The predicted octanol–water partition coefficient (Wildman–Crippen LogP) is 2.53. The summed E-state index contributed by atoms with van der Waals surface area (Å²) in [5.74, 6) is 0.123. The molecule has 0 amide bonds. The molecule has 1 heterocycles. The molecule has 0 unspecified atom stereocenters. The number of carbonyl (C=O) groups is 1. The SMILES string of the molecule is CC(=O)c1ccc(C(C)(C)C)n1C. The van der Waals surface area contributed by atoms with Crippen molar-refractivity contribution in [1.29, 1.82) is 0 Å². The van der Waals surface area contributed by atoms with E-state index < -0.39 is 0 Å². The molecule has 0 saturated carbocycles. The topological polar surface area (TPSA) is 22.0 Å². The molecule has 13 heavy (non-hydrogen) atoms. The van der Waals surface area contributed by atoms with Crippen LogP contribution in [-0.4, -0.2) is 10.4 Å². The summed E-state index contributed by atoms with van der Waals surface area (Å²) in [6, 6.07) is 3.92. The Hall–Kier alpha value is -1.05. The molecule has 0 spiro atoms. The van der Waals surface area contributed by atoms with E-state index in [4.69, 9.17) is 0 Å². The summed E-state index contributed by atoms with van der Waals surface area (Å²) < 4.78 is 1.97. The maximum atomic E-state index is 11.2. The largest absolute Gasteiger partial charge is 0.345 e. The molecule has 0 fully saturated rings. The van der Waals surface area contributed by atoms with E-state index in [9.17, 15) is 4.79 Å². The van der Waals surface area contributed by atoms with Crippen LogP contribution >= 0.6 is 0 Å². The maximum Gasteiger partial charge on any atom is 0.176 e. The van der Waals surface area contributed by atoms with Crippen LogP contribution in [0.5, 0.6) is 0 Å². The standard InChI is InChI=1S/C11H17NO/c1-8(13)9-6-7-10(12(9)5)11(2,3)4/h6-7H,1-5H3. The van der Waals surface area contributed by atoms with Crippen LogP contribution in [0, 0.1) is 0 Å². The fourth-order valence-electron chi connectivity index (χ4n) is 1.62. The zero-order valence-electron chi connectivity index (χ0n) is 9.01. The van der Waals surface area contributed by atoms with Gasteiger partial charge in [0.05, 0.1) is 5.69 Å². The van der Waals surface area contributed by atoms with E-state index in [-0.39, 0.29) is 11.2 Å². The molecule has 0 bridgehead atoms. The third-order valence-corrected chi connectivity index (χ3v) is 2.25. The third-order valence-electron chi connectivity index (χ3n) is 2.25. The van der Waals surface area contributed by atoms with E-state index in [1.165, 1.54) is 5.69 Å². The first-order chi connectivity index (χ1) is 5.84. The number of hydrogen-bond donors (Lipinski definition) is 0. The van der Waals surface area contributed by atoms with E-state index in [0.717, 1.165) is 5.69 Å². The fourth-order valence-corrected chi connectivity index (χ4v) is 1.62. The van der Waals surface area contributed by atoms with E-state index in [0.29, 0.717) is 0 Å². The Bertz CT molecular complexity index is 328. The Balaban J connectivity index is 3.22. The van der Waals surface area contributed by atoms with Gasteiger partial charge in [-0.05, 0) is 12.1 Å². The van der Waals surface area contributed by atoms with Crippen molar-refractivity contribution < 1.29 is 4.79 Å². The molecule has 0 aliphatic heterocycles. The van der Waals surface area contributed by atoms with Gasteiger partial charge in [-0.3, -0.25) is 4.79 Å². The molecule has 0 saturated heterocycles. The number of hydrogen-bond acceptors (Lipinski definition) is 1. The quantitative estimate of drug-likeness (QED) is 0.607. The van der Waals surface area contributed by atoms with Crippen LogP contribution in [0.3, 0.4) is 0 Å². The molecule has 0 aliphatic carbocycles. The zero-order chi connectivity index (χ0) is 10.2. The highest BCUT2D eigenvalue weighted by Gasteiger charge is 2.19. The lowest BCUT2D eigenvalue weighted by molar-refractivity contribution is 0.100. The second kappa shape index (κ2) is 3.02. The van der Waals surface area contributed by atoms with Crippen molar-refractivity contribution in [3.8, 4) is 0 Å². The highest BCUT2D eigenvalue weighted by atomic mass is 16.1.